The summed E-state index contributed by atoms with van der Waals surface area (Å²) in [7, 11) is 1.55. The first-order valence-electron chi connectivity index (χ1n) is 10.7. The number of pyridine rings is 2. The van der Waals surface area contributed by atoms with E-state index in [2.05, 4.69) is 11.1 Å². The molecule has 166 valence electrons. The first kappa shape index (κ1) is 22.0. The van der Waals surface area contributed by atoms with Gasteiger partial charge in [0.2, 0.25) is 0 Å². The van der Waals surface area contributed by atoms with E-state index in [0.29, 0.717) is 34.5 Å². The summed E-state index contributed by atoms with van der Waals surface area (Å²) in [6.45, 7) is 4.38. The van der Waals surface area contributed by atoms with Crippen LogP contribution in [0.1, 0.15) is 41.3 Å². The molecule has 4 aromatic rings. The summed E-state index contributed by atoms with van der Waals surface area (Å²) < 4.78 is 8.33. The van der Waals surface area contributed by atoms with Crippen LogP contribution < -0.4 is 15.8 Å². The molecule has 0 atom stereocenters. The van der Waals surface area contributed by atoms with Crippen molar-refractivity contribution in [3.63, 3.8) is 0 Å². The molecule has 0 aliphatic rings. The number of hydrogen-bond donors (Lipinski definition) is 0. The van der Waals surface area contributed by atoms with Crippen LogP contribution in [0.25, 0.3) is 16.7 Å². The van der Waals surface area contributed by atoms with E-state index in [1.54, 1.807) is 48.2 Å². The van der Waals surface area contributed by atoms with E-state index < -0.39 is 5.91 Å². The van der Waals surface area contributed by atoms with Gasteiger partial charge in [0.05, 0.1) is 18.1 Å². The number of nitriles is 1. The van der Waals surface area contributed by atoms with Gasteiger partial charge in [0.25, 0.3) is 11.5 Å². The van der Waals surface area contributed by atoms with Crippen molar-refractivity contribution in [1.82, 2.24) is 14.0 Å². The summed E-state index contributed by atoms with van der Waals surface area (Å²) in [5, 5.41) is 10.2. The molecule has 1 aromatic carbocycles. The zero-order valence-electron chi connectivity index (χ0n) is 18.7. The third-order valence-electron chi connectivity index (χ3n) is 5.51. The van der Waals surface area contributed by atoms with Crippen molar-refractivity contribution < 1.29 is 9.53 Å². The number of methoxy groups -OCH3 is 1. The molecule has 8 heteroatoms. The van der Waals surface area contributed by atoms with Crippen molar-refractivity contribution in [1.29, 1.82) is 5.26 Å². The van der Waals surface area contributed by atoms with Crippen molar-refractivity contribution in [2.75, 3.05) is 7.11 Å². The molecule has 4 rings (SSSR count). The number of hydrogen-bond acceptors (Lipinski definition) is 5. The number of nitrogens with zero attached hydrogens (tertiary/aromatic N) is 5. The predicted molar refractivity (Wildman–Crippen MR) is 124 cm³/mol. The summed E-state index contributed by atoms with van der Waals surface area (Å²) in [5.74, 6) is 0.132. The van der Waals surface area contributed by atoms with E-state index in [0.717, 1.165) is 18.4 Å². The standard InChI is InChI=1S/C25H23N5O3/c1-4-5-12-29-22(28-24(31)17-8-10-19(33-3)11-9-17)18(15-26)14-20-23(29)27-21-16(2)7-6-13-30(21)25(20)32/h6-11,13-14H,4-5,12H2,1-3H3. The van der Waals surface area contributed by atoms with Crippen LogP contribution in [0, 0.1) is 18.3 Å². The number of benzene rings is 1. The van der Waals surface area contributed by atoms with Gasteiger partial charge in [-0.15, -0.1) is 0 Å². The number of rotatable bonds is 5. The van der Waals surface area contributed by atoms with Gasteiger partial charge >= 0.3 is 0 Å². The van der Waals surface area contributed by atoms with Gasteiger partial charge in [0.15, 0.2) is 5.49 Å². The maximum atomic E-state index is 13.2. The van der Waals surface area contributed by atoms with Crippen molar-refractivity contribution in [3.05, 3.63) is 81.2 Å². The van der Waals surface area contributed by atoms with Gasteiger partial charge < -0.3 is 9.30 Å². The molecule has 0 fully saturated rings. The summed E-state index contributed by atoms with van der Waals surface area (Å²) in [4.78, 5) is 35.3. The number of aryl methyl sites for hydroxylation is 2. The van der Waals surface area contributed by atoms with Gasteiger partial charge in [-0.25, -0.2) is 4.98 Å². The Bertz CT molecular complexity index is 1540. The highest BCUT2D eigenvalue weighted by Gasteiger charge is 2.16. The first-order valence-corrected chi connectivity index (χ1v) is 10.7. The van der Waals surface area contributed by atoms with E-state index in [-0.39, 0.29) is 16.6 Å². The van der Waals surface area contributed by atoms with E-state index in [9.17, 15) is 14.9 Å². The lowest BCUT2D eigenvalue weighted by Crippen LogP contribution is -2.29. The first-order chi connectivity index (χ1) is 16.0. The molecule has 0 saturated carbocycles. The van der Waals surface area contributed by atoms with Crippen LogP contribution in [0.15, 0.2) is 58.4 Å². The van der Waals surface area contributed by atoms with Crippen LogP contribution in [0.4, 0.5) is 0 Å². The lowest BCUT2D eigenvalue weighted by molar-refractivity contribution is 0.0997. The normalized spacial score (nSPS) is 11.6. The maximum Gasteiger partial charge on any atom is 0.278 e. The van der Waals surface area contributed by atoms with Crippen LogP contribution in [0.2, 0.25) is 0 Å². The number of amides is 1. The lowest BCUT2D eigenvalue weighted by Gasteiger charge is -2.14. The molecule has 0 saturated heterocycles. The number of aromatic nitrogens is 3. The zero-order valence-corrected chi connectivity index (χ0v) is 18.7. The summed E-state index contributed by atoms with van der Waals surface area (Å²) in [6, 6.07) is 13.8. The van der Waals surface area contributed by atoms with E-state index in [1.807, 2.05) is 19.9 Å². The topological polar surface area (TPSA) is 102 Å². The Balaban J connectivity index is 2.05. The summed E-state index contributed by atoms with van der Waals surface area (Å²) in [5.41, 5.74) is 2.21. The van der Waals surface area contributed by atoms with Crippen LogP contribution in [-0.2, 0) is 6.54 Å². The molecule has 3 aromatic heterocycles. The monoisotopic (exact) mass is 441 g/mol. The Morgan fingerprint density at radius 3 is 2.64 bits per heavy atom. The average molecular weight is 441 g/mol. The van der Waals surface area contributed by atoms with Crippen molar-refractivity contribution in [3.8, 4) is 11.8 Å². The van der Waals surface area contributed by atoms with Crippen molar-refractivity contribution in [2.24, 2.45) is 4.99 Å². The second-order valence-electron chi connectivity index (χ2n) is 7.68. The molecule has 0 unspecified atom stereocenters. The molecule has 8 nitrogen and oxygen atoms in total. The second kappa shape index (κ2) is 9.09. The molecule has 3 heterocycles. The summed E-state index contributed by atoms with van der Waals surface area (Å²) >= 11 is 0. The summed E-state index contributed by atoms with van der Waals surface area (Å²) in [6.07, 6.45) is 3.30. The second-order valence-corrected chi connectivity index (χ2v) is 7.68. The SMILES string of the molecule is CCCCn1c(=NC(=O)c2ccc(OC)cc2)c(C#N)cc2c(=O)n3cccc(C)c3nc21. The number of carbonyl (C=O) groups excluding carboxylic acids is 1. The van der Waals surface area contributed by atoms with Gasteiger partial charge in [-0.2, -0.15) is 10.3 Å². The minimum atomic E-state index is -0.493. The Kier molecular flexibility index (Phi) is 6.05. The maximum absolute atomic E-state index is 13.2. The Morgan fingerprint density at radius 1 is 1.21 bits per heavy atom. The van der Waals surface area contributed by atoms with Crippen LogP contribution in [0.5, 0.6) is 5.75 Å². The fourth-order valence-electron chi connectivity index (χ4n) is 3.71. The lowest BCUT2D eigenvalue weighted by atomic mass is 10.2. The van der Waals surface area contributed by atoms with Gasteiger partial charge in [-0.1, -0.05) is 19.4 Å². The van der Waals surface area contributed by atoms with Gasteiger partial charge in [0.1, 0.15) is 23.1 Å². The largest absolute Gasteiger partial charge is 0.497 e. The third-order valence-corrected chi connectivity index (χ3v) is 5.51. The number of fused-ring (bicyclic) bond motifs is 2. The molecular formula is C25H23N5O3. The molecule has 0 bridgehead atoms. The Hall–Kier alpha value is -4.25. The highest BCUT2D eigenvalue weighted by molar-refractivity contribution is 5.95. The fraction of sp³-hybridized carbons (Fsp3) is 0.240. The van der Waals surface area contributed by atoms with Gasteiger partial charge in [-0.05, 0) is 55.3 Å². The van der Waals surface area contributed by atoms with Crippen LogP contribution in [0.3, 0.4) is 0 Å². The minimum Gasteiger partial charge on any atom is -0.497 e. The quantitative estimate of drug-likeness (QED) is 0.442. The van der Waals surface area contributed by atoms with Crippen molar-refractivity contribution in [2.45, 2.75) is 33.2 Å². The number of unbranched alkanes of at least 4 members (excludes halogenated alkanes) is 1. The average Bonchev–Trinajstić information content (AvgIpc) is 2.84. The molecule has 0 radical (unpaired) electrons. The fourth-order valence-corrected chi connectivity index (χ4v) is 3.71. The highest BCUT2D eigenvalue weighted by atomic mass is 16.5. The highest BCUT2D eigenvalue weighted by Crippen LogP contribution is 2.15. The Morgan fingerprint density at radius 2 is 1.97 bits per heavy atom. The molecule has 0 spiro atoms. The van der Waals surface area contributed by atoms with E-state index in [4.69, 9.17) is 9.72 Å². The molecule has 0 aliphatic heterocycles. The molecule has 1 amide bonds. The van der Waals surface area contributed by atoms with E-state index in [1.165, 1.54) is 10.5 Å². The molecule has 0 N–H and O–H groups in total. The number of carbonyl (C=O) groups is 1. The van der Waals surface area contributed by atoms with Gasteiger partial charge in [0, 0.05) is 18.3 Å². The predicted octanol–water partition coefficient (Wildman–Crippen LogP) is 3.38. The molecular weight excluding hydrogens is 418 g/mol. The third kappa shape index (κ3) is 4.01. The van der Waals surface area contributed by atoms with Gasteiger partial charge in [-0.3, -0.25) is 14.0 Å². The smallest absolute Gasteiger partial charge is 0.278 e. The van der Waals surface area contributed by atoms with E-state index >= 15 is 0 Å². The number of ether oxygens (including phenoxy) is 1. The zero-order chi connectivity index (χ0) is 23.5. The molecule has 33 heavy (non-hydrogen) atoms. The minimum absolute atomic E-state index is 0.145. The van der Waals surface area contributed by atoms with Crippen LogP contribution in [-0.4, -0.2) is 27.0 Å². The Labute approximate surface area is 190 Å². The molecule has 0 aliphatic carbocycles. The van der Waals surface area contributed by atoms with Crippen molar-refractivity contribution >= 4 is 22.6 Å². The van der Waals surface area contributed by atoms with Crippen LogP contribution >= 0.6 is 0 Å².